The summed E-state index contributed by atoms with van der Waals surface area (Å²) >= 11 is 0. The number of rotatable bonds is 9. The van der Waals surface area contributed by atoms with Crippen molar-refractivity contribution in [2.24, 2.45) is 4.99 Å². The number of allylic oxidation sites excluding steroid dienone is 2. The number of pyridine rings is 1. The summed E-state index contributed by atoms with van der Waals surface area (Å²) in [6.07, 6.45) is 4.72. The Morgan fingerprint density at radius 2 is 1.18 bits per heavy atom. The second kappa shape index (κ2) is 18.1. The summed E-state index contributed by atoms with van der Waals surface area (Å²) in [4.78, 5) is 8.92. The fraction of sp³-hybridized carbons (Fsp3) is 0.179. The smallest absolute Gasteiger partial charge is 0.661 e. The van der Waals surface area contributed by atoms with Crippen LogP contribution >= 0.6 is 7.92 Å². The maximum Gasteiger partial charge on any atom is 1.00 e. The maximum absolute atomic E-state index is 4.77. The van der Waals surface area contributed by atoms with E-state index in [0.29, 0.717) is 0 Å². The van der Waals surface area contributed by atoms with E-state index in [0.717, 1.165) is 35.8 Å². The van der Waals surface area contributed by atoms with Crippen LogP contribution in [0.15, 0.2) is 144 Å². The molecule has 0 saturated heterocycles. The Labute approximate surface area is 275 Å². The molecule has 0 aliphatic rings. The Kier molecular flexibility index (Phi) is 14.3. The molecule has 1 heterocycles. The van der Waals surface area contributed by atoms with Crippen LogP contribution in [-0.2, 0) is 23.5 Å². The Bertz CT molecular complexity index is 1500. The van der Waals surface area contributed by atoms with E-state index in [9.17, 15) is 0 Å². The largest absolute Gasteiger partial charge is 1.00 e. The van der Waals surface area contributed by atoms with E-state index in [1.54, 1.807) is 0 Å². The topological polar surface area (TPSA) is 39.4 Å². The molecule has 44 heavy (non-hydrogen) atoms. The van der Waals surface area contributed by atoms with Crippen molar-refractivity contribution in [3.8, 4) is 0 Å². The van der Waals surface area contributed by atoms with Crippen LogP contribution in [0.2, 0.25) is 0 Å². The first kappa shape index (κ1) is 34.7. The summed E-state index contributed by atoms with van der Waals surface area (Å²) in [7, 11) is -0.877. The number of nitrogens with zero attached hydrogens (tertiary/aromatic N) is 3. The Hall–Kier alpha value is -3.81. The third-order valence-corrected chi connectivity index (χ3v) is 9.72. The average Bonchev–Trinajstić information content (AvgIpc) is 3.02. The van der Waals surface area contributed by atoms with Crippen molar-refractivity contribution in [3.05, 3.63) is 167 Å². The molecule has 0 amide bonds. The van der Waals surface area contributed by atoms with Gasteiger partial charge in [-0.1, -0.05) is 102 Å². The molecule has 0 saturated carbocycles. The van der Waals surface area contributed by atoms with Gasteiger partial charge in [-0.15, -0.1) is 5.69 Å². The van der Waals surface area contributed by atoms with Gasteiger partial charge in [0, 0.05) is 30.6 Å². The van der Waals surface area contributed by atoms with Gasteiger partial charge >= 0.3 is 17.1 Å². The van der Waals surface area contributed by atoms with Gasteiger partial charge in [0.15, 0.2) is 0 Å². The molecule has 5 aromatic rings. The predicted octanol–water partition coefficient (Wildman–Crippen LogP) is 8.79. The first-order valence-electron chi connectivity index (χ1n) is 14.8. The fourth-order valence-electron chi connectivity index (χ4n) is 5.11. The van der Waals surface area contributed by atoms with E-state index < -0.39 is 7.92 Å². The number of aromatic nitrogens is 1. The van der Waals surface area contributed by atoms with Gasteiger partial charge in [0.25, 0.3) is 0 Å². The molecule has 0 N–H and O–H groups in total. The summed E-state index contributed by atoms with van der Waals surface area (Å²) in [5.41, 5.74) is 7.81. The van der Waals surface area contributed by atoms with Crippen LogP contribution in [0.25, 0.3) is 5.32 Å². The molecule has 0 spiro atoms. The van der Waals surface area contributed by atoms with Crippen molar-refractivity contribution in [2.45, 2.75) is 41.0 Å². The van der Waals surface area contributed by atoms with Gasteiger partial charge < -0.3 is 5.32 Å². The van der Waals surface area contributed by atoms with Gasteiger partial charge in [0.1, 0.15) is 15.9 Å². The van der Waals surface area contributed by atoms with Gasteiger partial charge in [-0.05, 0) is 76.2 Å². The zero-order valence-electron chi connectivity index (χ0n) is 26.3. The van der Waals surface area contributed by atoms with Crippen molar-refractivity contribution >= 4 is 35.2 Å². The molecule has 228 valence electrons. The zero-order valence-corrected chi connectivity index (χ0v) is 28.2. The predicted molar refractivity (Wildman–Crippen MR) is 190 cm³/mol. The quantitative estimate of drug-likeness (QED) is 0.0896. The molecule has 1 aromatic heterocycles. The second-order valence-electron chi connectivity index (χ2n) is 10.7. The molecule has 4 aromatic carbocycles. The van der Waals surface area contributed by atoms with Gasteiger partial charge in [-0.2, -0.15) is 5.70 Å². The SMILES string of the molecule is CC(/C=C(/C)[N-]c1c(C)cc(C)cc1C)=NCCc1ccccn1.[Cu+].c1ccc([PH+](c2ccccc2)c2ccccc2)cc1. The maximum atomic E-state index is 4.77. The van der Waals surface area contributed by atoms with Crippen LogP contribution < -0.4 is 15.9 Å². The molecule has 0 unspecified atom stereocenters. The van der Waals surface area contributed by atoms with E-state index in [-0.39, 0.29) is 17.1 Å². The van der Waals surface area contributed by atoms with Gasteiger partial charge in [0.2, 0.25) is 0 Å². The fourth-order valence-corrected chi connectivity index (χ4v) is 7.69. The second-order valence-corrected chi connectivity index (χ2v) is 13.2. The number of aliphatic imine (C=N–C) groups is 1. The minimum absolute atomic E-state index is 0. The minimum atomic E-state index is -0.877. The summed E-state index contributed by atoms with van der Waals surface area (Å²) in [6.45, 7) is 11.1. The zero-order chi connectivity index (χ0) is 30.4. The van der Waals surface area contributed by atoms with Crippen molar-refractivity contribution < 1.29 is 17.1 Å². The molecular weight excluding hydrogens is 605 g/mol. The Morgan fingerprint density at radius 3 is 1.64 bits per heavy atom. The van der Waals surface area contributed by atoms with Crippen molar-refractivity contribution in [3.63, 3.8) is 0 Å². The summed E-state index contributed by atoms with van der Waals surface area (Å²) in [5.74, 6) is 0. The van der Waals surface area contributed by atoms with Crippen LogP contribution in [0.3, 0.4) is 0 Å². The molecule has 0 atom stereocenters. The molecule has 5 rings (SSSR count). The van der Waals surface area contributed by atoms with Crippen LogP contribution in [0, 0.1) is 20.8 Å². The normalized spacial score (nSPS) is 11.3. The van der Waals surface area contributed by atoms with Crippen LogP contribution in [0.1, 0.15) is 36.2 Å². The summed E-state index contributed by atoms with van der Waals surface area (Å²) in [5, 5.41) is 9.08. The van der Waals surface area contributed by atoms with Crippen molar-refractivity contribution in [2.75, 3.05) is 6.54 Å². The first-order valence-corrected chi connectivity index (χ1v) is 16.3. The monoisotopic (exact) mass is 646 g/mol. The molecule has 0 fully saturated rings. The third kappa shape index (κ3) is 10.7. The van der Waals surface area contributed by atoms with E-state index >= 15 is 0 Å². The molecule has 0 aliphatic heterocycles. The average molecular weight is 647 g/mol. The van der Waals surface area contributed by atoms with E-state index in [1.165, 1.54) is 32.6 Å². The van der Waals surface area contributed by atoms with E-state index in [4.69, 9.17) is 5.32 Å². The van der Waals surface area contributed by atoms with Gasteiger partial charge in [-0.3, -0.25) is 9.98 Å². The molecule has 0 aliphatic carbocycles. The summed E-state index contributed by atoms with van der Waals surface area (Å²) < 4.78 is 0. The first-order chi connectivity index (χ1) is 20.9. The van der Waals surface area contributed by atoms with Crippen LogP contribution in [0.4, 0.5) is 5.69 Å². The molecular formula is C39H42CuN3P+. The van der Waals surface area contributed by atoms with Gasteiger partial charge in [-0.25, -0.2) is 0 Å². The molecule has 5 heteroatoms. The van der Waals surface area contributed by atoms with Crippen molar-refractivity contribution in [1.29, 1.82) is 0 Å². The van der Waals surface area contributed by atoms with Crippen LogP contribution in [0.5, 0.6) is 0 Å². The standard InChI is InChI=1S/C21H26N3.C18H15P.Cu/c1-15-12-16(2)21(17(3)13-15)24-19(5)14-18(4)22-11-9-20-8-6-7-10-23-20;1-4-10-16(11-5-1)19(17-12-6-2-7-13-17)18-14-8-3-9-15-18;/h6-8,10,12-14H,9,11H2,1-5H3;1-15H;/q-1;;+1/p+1/b19-14-,22-18?;;. The number of benzene rings is 4. The summed E-state index contributed by atoms with van der Waals surface area (Å²) in [6, 6.07) is 42.8. The third-order valence-electron chi connectivity index (χ3n) is 6.98. The molecule has 3 nitrogen and oxygen atoms in total. The number of hydrogen-bond acceptors (Lipinski definition) is 2. The Morgan fingerprint density at radius 1 is 0.705 bits per heavy atom. The van der Waals surface area contributed by atoms with Gasteiger partial charge in [0.05, 0.1) is 7.92 Å². The van der Waals surface area contributed by atoms with E-state index in [1.807, 2.05) is 44.3 Å². The molecule has 0 radical (unpaired) electrons. The van der Waals surface area contributed by atoms with E-state index in [2.05, 4.69) is 134 Å². The number of aryl methyl sites for hydroxylation is 3. The van der Waals surface area contributed by atoms with Crippen molar-refractivity contribution in [1.82, 2.24) is 4.98 Å². The minimum Gasteiger partial charge on any atom is -0.661 e. The number of hydrogen-bond donors (Lipinski definition) is 0. The molecule has 0 bridgehead atoms. The van der Waals surface area contributed by atoms with Crippen LogP contribution in [-0.4, -0.2) is 17.2 Å². The Balaban J connectivity index is 0.000000240.